The SMILES string of the molecule is NCCNC(=O)c1cc(NC(=O)On2c(O)ccc2O)cc2ccccc12. The molecule has 0 aliphatic rings. The van der Waals surface area contributed by atoms with E-state index in [2.05, 4.69) is 10.6 Å². The number of fused-ring (bicyclic) bond motifs is 1. The van der Waals surface area contributed by atoms with Gasteiger partial charge < -0.3 is 26.1 Å². The van der Waals surface area contributed by atoms with Crippen molar-refractivity contribution < 1.29 is 24.6 Å². The normalized spacial score (nSPS) is 10.6. The lowest BCUT2D eigenvalue weighted by Gasteiger charge is -2.12. The van der Waals surface area contributed by atoms with Crippen molar-refractivity contribution in [1.82, 2.24) is 10.0 Å². The minimum atomic E-state index is -0.958. The zero-order valence-electron chi connectivity index (χ0n) is 14.2. The molecule has 0 saturated carbocycles. The number of aromatic nitrogens is 1. The van der Waals surface area contributed by atoms with Crippen LogP contribution in [0.4, 0.5) is 10.5 Å². The molecule has 2 amide bonds. The summed E-state index contributed by atoms with van der Waals surface area (Å²) in [6, 6.07) is 12.7. The smallest absolute Gasteiger partial charge is 0.436 e. The van der Waals surface area contributed by atoms with Crippen molar-refractivity contribution in [2.45, 2.75) is 0 Å². The molecule has 27 heavy (non-hydrogen) atoms. The van der Waals surface area contributed by atoms with Crippen LogP contribution in [0, 0.1) is 0 Å². The molecule has 0 unspecified atom stereocenters. The van der Waals surface area contributed by atoms with Gasteiger partial charge in [-0.25, -0.2) is 4.79 Å². The summed E-state index contributed by atoms with van der Waals surface area (Å²) in [7, 11) is 0. The van der Waals surface area contributed by atoms with E-state index in [4.69, 9.17) is 10.6 Å². The third-order valence-electron chi connectivity index (χ3n) is 3.75. The van der Waals surface area contributed by atoms with Gasteiger partial charge in [-0.2, -0.15) is 0 Å². The van der Waals surface area contributed by atoms with Crippen LogP contribution in [0.2, 0.25) is 0 Å². The van der Waals surface area contributed by atoms with E-state index >= 15 is 0 Å². The Morgan fingerprint density at radius 3 is 2.48 bits per heavy atom. The molecular formula is C18H18N4O5. The molecule has 0 fully saturated rings. The number of carbonyl (C=O) groups is 2. The molecule has 1 heterocycles. The van der Waals surface area contributed by atoms with Crippen LogP contribution in [0.25, 0.3) is 10.8 Å². The van der Waals surface area contributed by atoms with Gasteiger partial charge in [0.05, 0.1) is 0 Å². The summed E-state index contributed by atoms with van der Waals surface area (Å²) in [6.45, 7) is 0.622. The van der Waals surface area contributed by atoms with Crippen molar-refractivity contribution in [1.29, 1.82) is 0 Å². The highest BCUT2D eigenvalue weighted by molar-refractivity contribution is 6.09. The molecule has 3 rings (SSSR count). The maximum Gasteiger partial charge on any atom is 0.436 e. The van der Waals surface area contributed by atoms with Gasteiger partial charge in [0.25, 0.3) is 5.91 Å². The van der Waals surface area contributed by atoms with Gasteiger partial charge in [-0.1, -0.05) is 24.3 Å². The molecule has 0 saturated heterocycles. The zero-order valence-corrected chi connectivity index (χ0v) is 14.2. The van der Waals surface area contributed by atoms with Crippen LogP contribution in [0.3, 0.4) is 0 Å². The van der Waals surface area contributed by atoms with E-state index in [-0.39, 0.29) is 5.91 Å². The molecule has 0 radical (unpaired) electrons. The van der Waals surface area contributed by atoms with Crippen molar-refractivity contribution in [2.75, 3.05) is 18.4 Å². The van der Waals surface area contributed by atoms with Gasteiger partial charge in [-0.05, 0) is 22.9 Å². The first-order valence-electron chi connectivity index (χ1n) is 8.09. The number of anilines is 1. The Labute approximate surface area is 153 Å². The predicted molar refractivity (Wildman–Crippen MR) is 98.7 cm³/mol. The van der Waals surface area contributed by atoms with Crippen molar-refractivity contribution in [3.8, 4) is 11.8 Å². The summed E-state index contributed by atoms with van der Waals surface area (Å²) in [6.07, 6.45) is -0.958. The standard InChI is InChI=1S/C18H18N4O5/c19-7-8-20-17(25)14-10-12(9-11-3-1-2-4-13(11)14)21-18(26)27-22-15(23)5-6-16(22)24/h1-6,9-10,23-24H,7-8,19H2,(H,20,25)(H,21,26). The fourth-order valence-electron chi connectivity index (χ4n) is 2.57. The number of hydrogen-bond donors (Lipinski definition) is 5. The Hall–Kier alpha value is -3.72. The van der Waals surface area contributed by atoms with Crippen LogP contribution in [-0.4, -0.2) is 40.0 Å². The summed E-state index contributed by atoms with van der Waals surface area (Å²) in [5, 5.41) is 25.7. The molecule has 6 N–H and O–H groups in total. The lowest BCUT2D eigenvalue weighted by Crippen LogP contribution is -2.29. The number of nitrogens with zero attached hydrogens (tertiary/aromatic N) is 1. The molecule has 0 spiro atoms. The third-order valence-corrected chi connectivity index (χ3v) is 3.75. The number of nitrogens with two attached hydrogens (primary N) is 1. The zero-order chi connectivity index (χ0) is 19.4. The molecule has 0 aliphatic carbocycles. The van der Waals surface area contributed by atoms with Crippen LogP contribution in [-0.2, 0) is 0 Å². The molecule has 3 aromatic rings. The first kappa shape index (κ1) is 18.1. The second-order valence-electron chi connectivity index (χ2n) is 5.64. The van der Waals surface area contributed by atoms with Gasteiger partial charge >= 0.3 is 6.09 Å². The summed E-state index contributed by atoms with van der Waals surface area (Å²) in [4.78, 5) is 29.3. The molecule has 0 atom stereocenters. The highest BCUT2D eigenvalue weighted by Gasteiger charge is 2.15. The fraction of sp³-hybridized carbons (Fsp3) is 0.111. The summed E-state index contributed by atoms with van der Waals surface area (Å²) >= 11 is 0. The second-order valence-corrected chi connectivity index (χ2v) is 5.64. The Kier molecular flexibility index (Phi) is 5.13. The van der Waals surface area contributed by atoms with Crippen molar-refractivity contribution in [3.63, 3.8) is 0 Å². The average Bonchev–Trinajstić information content (AvgIpc) is 2.97. The van der Waals surface area contributed by atoms with Gasteiger partial charge in [-0.3, -0.25) is 10.1 Å². The molecule has 140 valence electrons. The van der Waals surface area contributed by atoms with Gasteiger partial charge in [-0.15, -0.1) is 4.73 Å². The van der Waals surface area contributed by atoms with Gasteiger partial charge in [0.1, 0.15) is 0 Å². The molecule has 0 bridgehead atoms. The van der Waals surface area contributed by atoms with Crippen LogP contribution in [0.15, 0.2) is 48.5 Å². The van der Waals surface area contributed by atoms with Crippen molar-refractivity contribution >= 4 is 28.5 Å². The molecule has 9 heteroatoms. The fourth-order valence-corrected chi connectivity index (χ4v) is 2.57. The van der Waals surface area contributed by atoms with Crippen LogP contribution < -0.4 is 21.2 Å². The van der Waals surface area contributed by atoms with E-state index in [1.54, 1.807) is 24.3 Å². The lowest BCUT2D eigenvalue weighted by atomic mass is 10.0. The van der Waals surface area contributed by atoms with E-state index < -0.39 is 17.9 Å². The number of aromatic hydroxyl groups is 2. The predicted octanol–water partition coefficient (Wildman–Crippen LogP) is 1.40. The number of rotatable bonds is 5. The number of benzene rings is 2. The third kappa shape index (κ3) is 3.93. The lowest BCUT2D eigenvalue weighted by molar-refractivity contribution is 0.0956. The van der Waals surface area contributed by atoms with E-state index in [0.29, 0.717) is 34.5 Å². The van der Waals surface area contributed by atoms with E-state index in [9.17, 15) is 19.8 Å². The average molecular weight is 370 g/mol. The number of carbonyl (C=O) groups excluding carboxylic acids is 2. The molecule has 0 aliphatic heterocycles. The van der Waals surface area contributed by atoms with E-state index in [0.717, 1.165) is 5.39 Å². The highest BCUT2D eigenvalue weighted by Crippen LogP contribution is 2.25. The topological polar surface area (TPSA) is 139 Å². The summed E-state index contributed by atoms with van der Waals surface area (Å²) in [5.74, 6) is -1.21. The Bertz CT molecular complexity index is 979. The van der Waals surface area contributed by atoms with Crippen LogP contribution in [0.1, 0.15) is 10.4 Å². The van der Waals surface area contributed by atoms with E-state index in [1.807, 2.05) is 6.07 Å². The number of nitrogens with one attached hydrogen (secondary N) is 2. The Morgan fingerprint density at radius 1 is 1.07 bits per heavy atom. The number of hydrogen-bond acceptors (Lipinski definition) is 6. The highest BCUT2D eigenvalue weighted by atomic mass is 16.7. The summed E-state index contributed by atoms with van der Waals surface area (Å²) in [5.41, 5.74) is 6.09. The molecule has 1 aromatic heterocycles. The van der Waals surface area contributed by atoms with Crippen molar-refractivity contribution in [2.24, 2.45) is 5.73 Å². The largest absolute Gasteiger partial charge is 0.492 e. The monoisotopic (exact) mass is 370 g/mol. The first-order chi connectivity index (χ1) is 13.0. The Morgan fingerprint density at radius 2 is 1.78 bits per heavy atom. The number of amides is 2. The van der Waals surface area contributed by atoms with Gasteiger partial charge in [0.15, 0.2) is 0 Å². The molecule has 2 aromatic carbocycles. The second kappa shape index (κ2) is 7.67. The minimum absolute atomic E-state index is 0.303. The molecular weight excluding hydrogens is 352 g/mol. The maximum atomic E-state index is 12.4. The van der Waals surface area contributed by atoms with Crippen molar-refractivity contribution in [3.05, 3.63) is 54.1 Å². The van der Waals surface area contributed by atoms with Gasteiger partial charge in [0.2, 0.25) is 11.8 Å². The maximum absolute atomic E-state index is 12.4. The first-order valence-corrected chi connectivity index (χ1v) is 8.09. The van der Waals surface area contributed by atoms with E-state index in [1.165, 1.54) is 18.2 Å². The van der Waals surface area contributed by atoms with Gasteiger partial charge in [0, 0.05) is 36.5 Å². The minimum Gasteiger partial charge on any atom is -0.492 e. The Balaban J connectivity index is 1.88. The van der Waals surface area contributed by atoms with Crippen LogP contribution >= 0.6 is 0 Å². The van der Waals surface area contributed by atoms with Crippen LogP contribution in [0.5, 0.6) is 11.8 Å². The quantitative estimate of drug-likeness (QED) is 0.460. The summed E-state index contributed by atoms with van der Waals surface area (Å²) < 4.78 is 0.561. The molecule has 9 nitrogen and oxygen atoms in total.